The molecule has 1 aromatic carbocycles. The lowest BCUT2D eigenvalue weighted by Crippen LogP contribution is -2.32. The summed E-state index contributed by atoms with van der Waals surface area (Å²) < 4.78 is 2.11. The molecule has 0 amide bonds. The van der Waals surface area contributed by atoms with Gasteiger partial charge in [0.05, 0.1) is 0 Å². The number of H-pyrrole nitrogens is 1. The number of rotatable bonds is 4. The third kappa shape index (κ3) is 3.26. The topological polar surface area (TPSA) is 49.7 Å². The van der Waals surface area contributed by atoms with Crippen molar-refractivity contribution in [3.05, 3.63) is 60.2 Å². The first-order chi connectivity index (χ1) is 11.8. The molecule has 1 fully saturated rings. The molecule has 1 saturated heterocycles. The molecule has 0 radical (unpaired) electrons. The Morgan fingerprint density at radius 2 is 1.92 bits per heavy atom. The lowest BCUT2D eigenvalue weighted by Gasteiger charge is -2.30. The van der Waals surface area contributed by atoms with Crippen LogP contribution in [0.5, 0.6) is 0 Å². The molecule has 24 heavy (non-hydrogen) atoms. The van der Waals surface area contributed by atoms with Crippen LogP contribution in [-0.4, -0.2) is 37.7 Å². The maximum atomic E-state index is 4.73. The maximum Gasteiger partial charge on any atom is 0.181 e. The first-order valence-electron chi connectivity index (χ1n) is 8.59. The number of aromatic amines is 1. The standard InChI is InChI=1S/C19H23N5/c1-23-10-7-15(13-23)14-24-11-8-17(9-12-24)19-20-18(21-22-19)16-5-3-2-4-6-16/h2-7,10,13,17H,8-9,11-12,14H2,1H3,(H,20,21,22). The minimum absolute atomic E-state index is 0.488. The predicted octanol–water partition coefficient (Wildman–Crippen LogP) is 3.19. The van der Waals surface area contributed by atoms with Gasteiger partial charge in [-0.05, 0) is 37.6 Å². The Bertz CT molecular complexity index is 781. The lowest BCUT2D eigenvalue weighted by atomic mass is 9.96. The summed E-state index contributed by atoms with van der Waals surface area (Å²) in [6.45, 7) is 3.26. The number of nitrogens with one attached hydrogen (secondary N) is 1. The average Bonchev–Trinajstić information content (AvgIpc) is 3.26. The molecule has 0 unspecified atom stereocenters. The number of benzene rings is 1. The molecule has 1 N–H and O–H groups in total. The summed E-state index contributed by atoms with van der Waals surface area (Å²) in [6, 6.07) is 12.4. The van der Waals surface area contributed by atoms with E-state index in [4.69, 9.17) is 4.98 Å². The first kappa shape index (κ1) is 15.1. The van der Waals surface area contributed by atoms with E-state index in [0.717, 1.165) is 49.7 Å². The quantitative estimate of drug-likeness (QED) is 0.803. The van der Waals surface area contributed by atoms with Crippen LogP contribution >= 0.6 is 0 Å². The van der Waals surface area contributed by atoms with Gasteiger partial charge in [0, 0.05) is 37.5 Å². The zero-order chi connectivity index (χ0) is 16.4. The molecule has 124 valence electrons. The van der Waals surface area contributed by atoms with Gasteiger partial charge in [-0.1, -0.05) is 30.3 Å². The monoisotopic (exact) mass is 321 g/mol. The van der Waals surface area contributed by atoms with E-state index >= 15 is 0 Å². The molecular weight excluding hydrogens is 298 g/mol. The molecule has 1 aliphatic rings. The van der Waals surface area contributed by atoms with Crippen LogP contribution in [-0.2, 0) is 13.6 Å². The fraction of sp³-hybridized carbons (Fsp3) is 0.368. The molecule has 0 saturated carbocycles. The van der Waals surface area contributed by atoms with Crippen LogP contribution < -0.4 is 0 Å². The minimum Gasteiger partial charge on any atom is -0.357 e. The van der Waals surface area contributed by atoms with Crippen LogP contribution in [0.1, 0.15) is 30.1 Å². The summed E-state index contributed by atoms with van der Waals surface area (Å²) in [7, 11) is 2.07. The van der Waals surface area contributed by atoms with Gasteiger partial charge in [0.25, 0.3) is 0 Å². The van der Waals surface area contributed by atoms with E-state index in [9.17, 15) is 0 Å². The van der Waals surface area contributed by atoms with Crippen molar-refractivity contribution >= 4 is 0 Å². The van der Waals surface area contributed by atoms with Gasteiger partial charge in [-0.2, -0.15) is 5.10 Å². The maximum absolute atomic E-state index is 4.73. The van der Waals surface area contributed by atoms with E-state index in [1.807, 2.05) is 18.2 Å². The number of hydrogen-bond acceptors (Lipinski definition) is 3. The lowest BCUT2D eigenvalue weighted by molar-refractivity contribution is 0.202. The number of aryl methyl sites for hydroxylation is 1. The number of piperidine rings is 1. The predicted molar refractivity (Wildman–Crippen MR) is 94.5 cm³/mol. The number of nitrogens with zero attached hydrogens (tertiary/aromatic N) is 4. The Hall–Kier alpha value is -2.40. The Kier molecular flexibility index (Phi) is 4.17. The third-order valence-electron chi connectivity index (χ3n) is 4.81. The van der Waals surface area contributed by atoms with Gasteiger partial charge in [-0.15, -0.1) is 0 Å². The summed E-state index contributed by atoms with van der Waals surface area (Å²) >= 11 is 0. The largest absolute Gasteiger partial charge is 0.357 e. The molecule has 3 heterocycles. The van der Waals surface area contributed by atoms with E-state index < -0.39 is 0 Å². The van der Waals surface area contributed by atoms with Gasteiger partial charge < -0.3 is 4.57 Å². The summed E-state index contributed by atoms with van der Waals surface area (Å²) in [6.07, 6.45) is 6.59. The molecule has 3 aromatic rings. The number of aromatic nitrogens is 4. The van der Waals surface area contributed by atoms with Crippen LogP contribution in [0.3, 0.4) is 0 Å². The first-order valence-corrected chi connectivity index (χ1v) is 8.59. The van der Waals surface area contributed by atoms with Crippen LogP contribution in [0.25, 0.3) is 11.4 Å². The second-order valence-electron chi connectivity index (χ2n) is 6.65. The second kappa shape index (κ2) is 6.61. The summed E-state index contributed by atoms with van der Waals surface area (Å²) in [4.78, 5) is 7.26. The molecule has 2 aromatic heterocycles. The highest BCUT2D eigenvalue weighted by Crippen LogP contribution is 2.27. The molecule has 1 aliphatic heterocycles. The summed E-state index contributed by atoms with van der Waals surface area (Å²) in [5.41, 5.74) is 2.46. The summed E-state index contributed by atoms with van der Waals surface area (Å²) in [5.74, 6) is 2.33. The van der Waals surface area contributed by atoms with Crippen molar-refractivity contribution in [3.8, 4) is 11.4 Å². The van der Waals surface area contributed by atoms with Gasteiger partial charge >= 0.3 is 0 Å². The van der Waals surface area contributed by atoms with E-state index in [0.29, 0.717) is 5.92 Å². The zero-order valence-electron chi connectivity index (χ0n) is 14.0. The SMILES string of the molecule is Cn1ccc(CN2CCC(c3nc(-c4ccccc4)n[nH]3)CC2)c1. The molecular formula is C19H23N5. The Labute approximate surface area is 142 Å². The van der Waals surface area contributed by atoms with E-state index in [1.165, 1.54) is 5.56 Å². The number of likely N-dealkylation sites (tertiary alicyclic amines) is 1. The van der Waals surface area contributed by atoms with Crippen molar-refractivity contribution in [3.63, 3.8) is 0 Å². The van der Waals surface area contributed by atoms with Crippen LogP contribution in [0.2, 0.25) is 0 Å². The normalized spacial score (nSPS) is 16.5. The fourth-order valence-corrected chi connectivity index (χ4v) is 3.45. The van der Waals surface area contributed by atoms with Crippen molar-refractivity contribution in [1.29, 1.82) is 0 Å². The smallest absolute Gasteiger partial charge is 0.181 e. The van der Waals surface area contributed by atoms with Crippen LogP contribution in [0.4, 0.5) is 0 Å². The highest BCUT2D eigenvalue weighted by molar-refractivity contribution is 5.53. The van der Waals surface area contributed by atoms with Gasteiger partial charge in [0.15, 0.2) is 5.82 Å². The van der Waals surface area contributed by atoms with Crippen molar-refractivity contribution in [1.82, 2.24) is 24.6 Å². The Morgan fingerprint density at radius 3 is 2.62 bits per heavy atom. The average molecular weight is 321 g/mol. The molecule has 0 atom stereocenters. The van der Waals surface area contributed by atoms with Gasteiger partial charge in [-0.3, -0.25) is 10.00 Å². The van der Waals surface area contributed by atoms with Gasteiger partial charge in [-0.25, -0.2) is 4.98 Å². The van der Waals surface area contributed by atoms with Crippen molar-refractivity contribution in [2.24, 2.45) is 7.05 Å². The van der Waals surface area contributed by atoms with E-state index in [2.05, 4.69) is 57.3 Å². The molecule has 5 heteroatoms. The van der Waals surface area contributed by atoms with E-state index in [-0.39, 0.29) is 0 Å². The van der Waals surface area contributed by atoms with Crippen molar-refractivity contribution in [2.75, 3.05) is 13.1 Å². The Morgan fingerprint density at radius 1 is 1.12 bits per heavy atom. The molecule has 0 aliphatic carbocycles. The second-order valence-corrected chi connectivity index (χ2v) is 6.65. The summed E-state index contributed by atoms with van der Waals surface area (Å²) in [5, 5.41) is 7.56. The van der Waals surface area contributed by atoms with Gasteiger partial charge in [0.2, 0.25) is 0 Å². The highest BCUT2D eigenvalue weighted by atomic mass is 15.2. The zero-order valence-corrected chi connectivity index (χ0v) is 14.0. The fourth-order valence-electron chi connectivity index (χ4n) is 3.45. The van der Waals surface area contributed by atoms with E-state index in [1.54, 1.807) is 0 Å². The van der Waals surface area contributed by atoms with Crippen LogP contribution in [0, 0.1) is 0 Å². The number of hydrogen-bond donors (Lipinski definition) is 1. The molecule has 0 bridgehead atoms. The van der Waals surface area contributed by atoms with Crippen molar-refractivity contribution in [2.45, 2.75) is 25.3 Å². The van der Waals surface area contributed by atoms with Crippen molar-refractivity contribution < 1.29 is 0 Å². The van der Waals surface area contributed by atoms with Crippen LogP contribution in [0.15, 0.2) is 48.8 Å². The van der Waals surface area contributed by atoms with Gasteiger partial charge in [0.1, 0.15) is 5.82 Å². The third-order valence-corrected chi connectivity index (χ3v) is 4.81. The molecule has 4 rings (SSSR count). The molecule has 5 nitrogen and oxygen atoms in total. The highest BCUT2D eigenvalue weighted by Gasteiger charge is 2.23. The Balaban J connectivity index is 1.37. The molecule has 0 spiro atoms. The minimum atomic E-state index is 0.488.